The molecule has 1 saturated carbocycles. The Labute approximate surface area is 123 Å². The van der Waals surface area contributed by atoms with Crippen molar-refractivity contribution >= 4 is 25.8 Å². The molecular weight excluding hydrogens is 326 g/mol. The minimum Gasteiger partial charge on any atom is -0.327 e. The molecule has 0 saturated heterocycles. The lowest BCUT2D eigenvalue weighted by Gasteiger charge is -2.27. The molecule has 2 N–H and O–H groups in total. The number of hydrogen-bond acceptors (Lipinski definition) is 3. The minimum absolute atomic E-state index is 0.0497. The molecule has 1 atom stereocenters. The molecular formula is C14H20BrNO2S. The highest BCUT2D eigenvalue weighted by Crippen LogP contribution is 2.27. The number of hydrogen-bond donors (Lipinski definition) is 1. The van der Waals surface area contributed by atoms with E-state index in [0.717, 1.165) is 17.3 Å². The van der Waals surface area contributed by atoms with Crippen LogP contribution in [0.15, 0.2) is 33.6 Å². The topological polar surface area (TPSA) is 60.2 Å². The van der Waals surface area contributed by atoms with Gasteiger partial charge in [0.25, 0.3) is 0 Å². The maximum atomic E-state index is 12.3. The molecule has 0 bridgehead atoms. The summed E-state index contributed by atoms with van der Waals surface area (Å²) in [6, 6.07) is 6.59. The van der Waals surface area contributed by atoms with E-state index in [1.54, 1.807) is 18.2 Å². The summed E-state index contributed by atoms with van der Waals surface area (Å²) in [7, 11) is -3.29. The van der Waals surface area contributed by atoms with Crippen molar-refractivity contribution in [1.29, 1.82) is 0 Å². The predicted octanol–water partition coefficient (Wildman–Crippen LogP) is 3.13. The highest BCUT2D eigenvalue weighted by molar-refractivity contribution is 9.10. The zero-order chi connectivity index (χ0) is 13.9. The van der Waals surface area contributed by atoms with Crippen LogP contribution in [0.1, 0.15) is 32.1 Å². The van der Waals surface area contributed by atoms with E-state index >= 15 is 0 Å². The third-order valence-corrected chi connectivity index (χ3v) is 6.11. The summed E-state index contributed by atoms with van der Waals surface area (Å²) >= 11 is 3.30. The molecule has 3 nitrogen and oxygen atoms in total. The molecule has 1 aliphatic rings. The zero-order valence-corrected chi connectivity index (χ0v) is 13.3. The quantitative estimate of drug-likeness (QED) is 0.911. The Morgan fingerprint density at radius 2 is 1.95 bits per heavy atom. The van der Waals surface area contributed by atoms with E-state index in [1.165, 1.54) is 19.3 Å². The van der Waals surface area contributed by atoms with E-state index in [9.17, 15) is 8.42 Å². The van der Waals surface area contributed by atoms with E-state index in [0.29, 0.717) is 10.8 Å². The van der Waals surface area contributed by atoms with Gasteiger partial charge in [-0.25, -0.2) is 8.42 Å². The first-order valence-electron chi connectivity index (χ1n) is 6.73. The van der Waals surface area contributed by atoms with Gasteiger partial charge >= 0.3 is 0 Å². The smallest absolute Gasteiger partial charge is 0.179 e. The molecule has 5 heteroatoms. The maximum absolute atomic E-state index is 12.3. The molecule has 0 radical (unpaired) electrons. The fraction of sp³-hybridized carbons (Fsp3) is 0.571. The molecule has 19 heavy (non-hydrogen) atoms. The van der Waals surface area contributed by atoms with Crippen molar-refractivity contribution in [3.8, 4) is 0 Å². The maximum Gasteiger partial charge on any atom is 0.179 e. The van der Waals surface area contributed by atoms with Gasteiger partial charge < -0.3 is 5.73 Å². The predicted molar refractivity (Wildman–Crippen MR) is 80.7 cm³/mol. The van der Waals surface area contributed by atoms with Crippen LogP contribution in [0.2, 0.25) is 0 Å². The Balaban J connectivity index is 2.08. The third kappa shape index (κ3) is 4.04. The van der Waals surface area contributed by atoms with Crippen LogP contribution in [-0.2, 0) is 9.84 Å². The summed E-state index contributed by atoms with van der Waals surface area (Å²) in [4.78, 5) is 0.355. The van der Waals surface area contributed by atoms with Crippen LogP contribution in [0.25, 0.3) is 0 Å². The summed E-state index contributed by atoms with van der Waals surface area (Å²) < 4.78 is 25.5. The van der Waals surface area contributed by atoms with Crippen LogP contribution in [0.4, 0.5) is 0 Å². The van der Waals surface area contributed by atoms with E-state index < -0.39 is 9.84 Å². The van der Waals surface area contributed by atoms with Gasteiger partial charge in [-0.05, 0) is 37.0 Å². The Hall–Kier alpha value is -0.390. The first kappa shape index (κ1) is 15.0. The van der Waals surface area contributed by atoms with Crippen LogP contribution in [0.5, 0.6) is 0 Å². The average molecular weight is 346 g/mol. The molecule has 0 aliphatic heterocycles. The number of halogens is 1. The Bertz CT molecular complexity index is 524. The molecule has 0 heterocycles. The van der Waals surface area contributed by atoms with E-state index in [-0.39, 0.29) is 11.8 Å². The molecule has 1 unspecified atom stereocenters. The fourth-order valence-electron chi connectivity index (χ4n) is 2.71. The first-order chi connectivity index (χ1) is 8.99. The van der Waals surface area contributed by atoms with Gasteiger partial charge in [-0.15, -0.1) is 0 Å². The molecule has 1 aromatic carbocycles. The first-order valence-corrected chi connectivity index (χ1v) is 9.17. The summed E-state index contributed by atoms with van der Waals surface area (Å²) in [5.74, 6) is 0.407. The highest BCUT2D eigenvalue weighted by atomic mass is 79.9. The van der Waals surface area contributed by atoms with Gasteiger partial charge in [0.05, 0.1) is 10.6 Å². The summed E-state index contributed by atoms with van der Waals surface area (Å²) in [5, 5.41) is 0. The highest BCUT2D eigenvalue weighted by Gasteiger charge is 2.26. The van der Waals surface area contributed by atoms with Gasteiger partial charge in [-0.3, -0.25) is 0 Å². The minimum atomic E-state index is -3.29. The lowest BCUT2D eigenvalue weighted by atomic mass is 9.85. The second kappa shape index (κ2) is 6.37. The third-order valence-electron chi connectivity index (χ3n) is 3.82. The summed E-state index contributed by atoms with van der Waals surface area (Å²) in [5.41, 5.74) is 6.12. The average Bonchev–Trinajstić information content (AvgIpc) is 2.39. The lowest BCUT2D eigenvalue weighted by molar-refractivity contribution is 0.317. The molecule has 0 aromatic heterocycles. The Morgan fingerprint density at radius 1 is 1.26 bits per heavy atom. The van der Waals surface area contributed by atoms with Crippen molar-refractivity contribution in [1.82, 2.24) is 0 Å². The van der Waals surface area contributed by atoms with Gasteiger partial charge in [0.1, 0.15) is 0 Å². The molecule has 1 aromatic rings. The molecule has 0 spiro atoms. The van der Waals surface area contributed by atoms with Gasteiger partial charge in [-0.2, -0.15) is 0 Å². The van der Waals surface area contributed by atoms with E-state index in [2.05, 4.69) is 15.9 Å². The normalized spacial score (nSPS) is 19.3. The molecule has 1 aliphatic carbocycles. The van der Waals surface area contributed by atoms with Crippen molar-refractivity contribution in [2.75, 3.05) is 5.75 Å². The second-order valence-electron chi connectivity index (χ2n) is 5.30. The van der Waals surface area contributed by atoms with Gasteiger partial charge in [0.15, 0.2) is 9.84 Å². The van der Waals surface area contributed by atoms with Crippen molar-refractivity contribution in [2.24, 2.45) is 11.7 Å². The molecule has 1 fully saturated rings. The molecule has 106 valence electrons. The second-order valence-corrected chi connectivity index (χ2v) is 8.25. The van der Waals surface area contributed by atoms with Crippen LogP contribution >= 0.6 is 15.9 Å². The van der Waals surface area contributed by atoms with Crippen molar-refractivity contribution in [2.45, 2.75) is 43.0 Å². The largest absolute Gasteiger partial charge is 0.327 e. The zero-order valence-electron chi connectivity index (χ0n) is 10.9. The number of nitrogens with two attached hydrogens (primary N) is 1. The van der Waals surface area contributed by atoms with E-state index in [1.807, 2.05) is 6.07 Å². The number of benzene rings is 1. The van der Waals surface area contributed by atoms with Gasteiger partial charge in [-0.1, -0.05) is 41.3 Å². The standard InChI is InChI=1S/C14H20BrNO2S/c15-12-7-4-8-13(9-12)19(17,18)10-14(16)11-5-2-1-3-6-11/h4,7-9,11,14H,1-3,5-6,10,16H2. The van der Waals surface area contributed by atoms with Crippen molar-refractivity contribution in [3.05, 3.63) is 28.7 Å². The SMILES string of the molecule is NC(CS(=O)(=O)c1cccc(Br)c1)C1CCCCC1. The fourth-order valence-corrected chi connectivity index (χ4v) is 4.82. The van der Waals surface area contributed by atoms with Crippen LogP contribution in [0, 0.1) is 5.92 Å². The number of rotatable bonds is 4. The Kier molecular flexibility index (Phi) is 5.03. The monoisotopic (exact) mass is 345 g/mol. The van der Waals surface area contributed by atoms with Crippen molar-refractivity contribution < 1.29 is 8.42 Å². The van der Waals surface area contributed by atoms with Crippen LogP contribution < -0.4 is 5.73 Å². The van der Waals surface area contributed by atoms with Gasteiger partial charge in [0.2, 0.25) is 0 Å². The summed E-state index contributed by atoms with van der Waals surface area (Å²) in [6.07, 6.45) is 5.73. The lowest BCUT2D eigenvalue weighted by Crippen LogP contribution is -2.38. The molecule has 0 amide bonds. The van der Waals surface area contributed by atoms with Gasteiger partial charge in [0, 0.05) is 10.5 Å². The number of sulfone groups is 1. The van der Waals surface area contributed by atoms with E-state index in [4.69, 9.17) is 5.73 Å². The van der Waals surface area contributed by atoms with Crippen LogP contribution in [0.3, 0.4) is 0 Å². The van der Waals surface area contributed by atoms with Crippen LogP contribution in [-0.4, -0.2) is 20.2 Å². The Morgan fingerprint density at radius 3 is 2.58 bits per heavy atom. The molecule has 2 rings (SSSR count). The van der Waals surface area contributed by atoms with Crippen molar-refractivity contribution in [3.63, 3.8) is 0 Å². The summed E-state index contributed by atoms with van der Waals surface area (Å²) in [6.45, 7) is 0.